The van der Waals surface area contributed by atoms with Crippen LogP contribution in [0, 0.1) is 13.8 Å². The highest BCUT2D eigenvalue weighted by molar-refractivity contribution is 5.40. The van der Waals surface area contributed by atoms with Crippen molar-refractivity contribution in [3.8, 4) is 0 Å². The first-order chi connectivity index (χ1) is 10.2. The molecule has 1 fully saturated rings. The minimum absolute atomic E-state index is 0.471. The van der Waals surface area contributed by atoms with Crippen LogP contribution >= 0.6 is 0 Å². The number of nitrogens with zero attached hydrogens (tertiary/aromatic N) is 4. The predicted octanol–water partition coefficient (Wildman–Crippen LogP) is 2.57. The summed E-state index contributed by atoms with van der Waals surface area (Å²) in [5, 5.41) is 3.54. The Morgan fingerprint density at radius 2 is 1.95 bits per heavy atom. The van der Waals surface area contributed by atoms with E-state index in [1.54, 1.807) is 0 Å². The average Bonchev–Trinajstić information content (AvgIpc) is 2.48. The van der Waals surface area contributed by atoms with Crippen LogP contribution in [0.1, 0.15) is 24.4 Å². The van der Waals surface area contributed by atoms with Crippen molar-refractivity contribution in [2.45, 2.75) is 32.7 Å². The van der Waals surface area contributed by atoms with Gasteiger partial charge in [-0.15, -0.1) is 0 Å². The third kappa shape index (κ3) is 3.48. The third-order valence-electron chi connectivity index (χ3n) is 3.79. The summed E-state index contributed by atoms with van der Waals surface area (Å²) in [6, 6.07) is 8.55. The van der Waals surface area contributed by atoms with E-state index in [0.717, 1.165) is 49.1 Å². The van der Waals surface area contributed by atoms with E-state index < -0.39 is 0 Å². The number of rotatable bonds is 3. The molecule has 1 N–H and O–H groups in total. The van der Waals surface area contributed by atoms with Gasteiger partial charge < -0.3 is 10.2 Å². The lowest BCUT2D eigenvalue weighted by Crippen LogP contribution is -2.39. The fourth-order valence-corrected chi connectivity index (χ4v) is 2.79. The fraction of sp³-hybridized carbons (Fsp3) is 0.438. The Balaban J connectivity index is 1.58. The molecule has 1 aliphatic heterocycles. The quantitative estimate of drug-likeness (QED) is 0.938. The van der Waals surface area contributed by atoms with E-state index in [-0.39, 0.29) is 0 Å². The maximum Gasteiger partial charge on any atom is 0.130 e. The molecule has 0 radical (unpaired) electrons. The Morgan fingerprint density at radius 1 is 1.14 bits per heavy atom. The highest BCUT2D eigenvalue weighted by Crippen LogP contribution is 2.19. The molecule has 0 atom stereocenters. The van der Waals surface area contributed by atoms with Gasteiger partial charge in [-0.1, -0.05) is 6.07 Å². The predicted molar refractivity (Wildman–Crippen MR) is 84.6 cm³/mol. The molecule has 0 aliphatic carbocycles. The third-order valence-corrected chi connectivity index (χ3v) is 3.79. The van der Waals surface area contributed by atoms with Gasteiger partial charge in [0.25, 0.3) is 0 Å². The molecule has 0 aromatic carbocycles. The van der Waals surface area contributed by atoms with E-state index in [9.17, 15) is 0 Å². The Kier molecular flexibility index (Phi) is 3.99. The van der Waals surface area contributed by atoms with Crippen LogP contribution in [-0.4, -0.2) is 34.1 Å². The molecule has 3 rings (SSSR count). The lowest BCUT2D eigenvalue weighted by Gasteiger charge is -2.33. The molecule has 0 saturated carbocycles. The zero-order valence-electron chi connectivity index (χ0n) is 12.6. The van der Waals surface area contributed by atoms with Crippen LogP contribution in [0.4, 0.5) is 11.6 Å². The molecule has 0 amide bonds. The number of piperidine rings is 1. The molecular weight excluding hydrogens is 262 g/mol. The maximum absolute atomic E-state index is 4.46. The van der Waals surface area contributed by atoms with E-state index in [1.807, 2.05) is 38.2 Å². The van der Waals surface area contributed by atoms with Crippen LogP contribution in [-0.2, 0) is 0 Å². The van der Waals surface area contributed by atoms with Gasteiger partial charge in [-0.2, -0.15) is 0 Å². The standard InChI is InChI=1S/C16H21N5/c1-12-11-15(19-13(2)18-12)20-14-6-9-21(10-7-14)16-5-3-4-8-17-16/h3-5,8,11,14H,6-7,9-10H2,1-2H3,(H,18,19,20). The Labute approximate surface area is 125 Å². The fourth-order valence-electron chi connectivity index (χ4n) is 2.79. The summed E-state index contributed by atoms with van der Waals surface area (Å²) in [6.45, 7) is 5.99. The lowest BCUT2D eigenvalue weighted by atomic mass is 10.1. The van der Waals surface area contributed by atoms with Crippen molar-refractivity contribution in [3.63, 3.8) is 0 Å². The molecule has 2 aromatic rings. The highest BCUT2D eigenvalue weighted by atomic mass is 15.2. The summed E-state index contributed by atoms with van der Waals surface area (Å²) in [6.07, 6.45) is 4.05. The van der Waals surface area contributed by atoms with Crippen molar-refractivity contribution < 1.29 is 0 Å². The van der Waals surface area contributed by atoms with Gasteiger partial charge in [0.1, 0.15) is 17.5 Å². The topological polar surface area (TPSA) is 53.9 Å². The smallest absolute Gasteiger partial charge is 0.130 e. The van der Waals surface area contributed by atoms with E-state index in [0.29, 0.717) is 6.04 Å². The minimum atomic E-state index is 0.471. The van der Waals surface area contributed by atoms with Gasteiger partial charge in [-0.25, -0.2) is 15.0 Å². The monoisotopic (exact) mass is 283 g/mol. The molecule has 5 heteroatoms. The molecule has 5 nitrogen and oxygen atoms in total. The van der Waals surface area contributed by atoms with Gasteiger partial charge in [0, 0.05) is 37.1 Å². The number of pyridine rings is 1. The molecule has 1 aliphatic rings. The molecule has 21 heavy (non-hydrogen) atoms. The van der Waals surface area contributed by atoms with Crippen molar-refractivity contribution in [1.82, 2.24) is 15.0 Å². The number of hydrogen-bond donors (Lipinski definition) is 1. The second-order valence-corrected chi connectivity index (χ2v) is 5.54. The Hall–Kier alpha value is -2.17. The first-order valence-electron chi connectivity index (χ1n) is 7.45. The van der Waals surface area contributed by atoms with Gasteiger partial charge in [0.05, 0.1) is 0 Å². The molecule has 110 valence electrons. The molecule has 2 aromatic heterocycles. The van der Waals surface area contributed by atoms with E-state index in [4.69, 9.17) is 0 Å². The maximum atomic E-state index is 4.46. The molecule has 1 saturated heterocycles. The van der Waals surface area contributed by atoms with E-state index in [2.05, 4.69) is 31.2 Å². The van der Waals surface area contributed by atoms with Gasteiger partial charge in [-0.3, -0.25) is 0 Å². The van der Waals surface area contributed by atoms with Crippen molar-refractivity contribution in [1.29, 1.82) is 0 Å². The zero-order valence-corrected chi connectivity index (χ0v) is 12.6. The minimum Gasteiger partial charge on any atom is -0.367 e. The highest BCUT2D eigenvalue weighted by Gasteiger charge is 2.20. The summed E-state index contributed by atoms with van der Waals surface area (Å²) in [4.78, 5) is 15.5. The molecule has 0 spiro atoms. The second kappa shape index (κ2) is 6.08. The van der Waals surface area contributed by atoms with Crippen LogP contribution in [0.3, 0.4) is 0 Å². The van der Waals surface area contributed by atoms with Crippen LogP contribution in [0.2, 0.25) is 0 Å². The number of hydrogen-bond acceptors (Lipinski definition) is 5. The molecule has 3 heterocycles. The van der Waals surface area contributed by atoms with Crippen LogP contribution < -0.4 is 10.2 Å². The largest absolute Gasteiger partial charge is 0.367 e. The number of aryl methyl sites for hydroxylation is 2. The van der Waals surface area contributed by atoms with Gasteiger partial charge in [-0.05, 0) is 38.8 Å². The summed E-state index contributed by atoms with van der Waals surface area (Å²) in [5.41, 5.74) is 1.01. The van der Waals surface area contributed by atoms with Crippen LogP contribution in [0.15, 0.2) is 30.5 Å². The van der Waals surface area contributed by atoms with Gasteiger partial charge in [0.2, 0.25) is 0 Å². The Bertz CT molecular complexity index is 571. The first-order valence-corrected chi connectivity index (χ1v) is 7.45. The zero-order chi connectivity index (χ0) is 14.7. The molecular formula is C16H21N5. The summed E-state index contributed by atoms with van der Waals surface area (Å²) >= 11 is 0. The van der Waals surface area contributed by atoms with E-state index in [1.165, 1.54) is 0 Å². The van der Waals surface area contributed by atoms with Crippen molar-refractivity contribution in [2.24, 2.45) is 0 Å². The lowest BCUT2D eigenvalue weighted by molar-refractivity contribution is 0.522. The first kappa shape index (κ1) is 13.8. The van der Waals surface area contributed by atoms with E-state index >= 15 is 0 Å². The number of aromatic nitrogens is 3. The van der Waals surface area contributed by atoms with Crippen molar-refractivity contribution in [3.05, 3.63) is 42.0 Å². The SMILES string of the molecule is Cc1cc(NC2CCN(c3ccccn3)CC2)nc(C)n1. The van der Waals surface area contributed by atoms with Crippen LogP contribution in [0.5, 0.6) is 0 Å². The average molecular weight is 283 g/mol. The molecule has 0 bridgehead atoms. The summed E-state index contributed by atoms with van der Waals surface area (Å²) < 4.78 is 0. The van der Waals surface area contributed by atoms with Crippen molar-refractivity contribution in [2.75, 3.05) is 23.3 Å². The number of anilines is 2. The summed E-state index contributed by atoms with van der Waals surface area (Å²) in [7, 11) is 0. The van der Waals surface area contributed by atoms with Crippen molar-refractivity contribution >= 4 is 11.6 Å². The second-order valence-electron chi connectivity index (χ2n) is 5.54. The van der Waals surface area contributed by atoms with Gasteiger partial charge in [0.15, 0.2) is 0 Å². The normalized spacial score (nSPS) is 16.0. The summed E-state index contributed by atoms with van der Waals surface area (Å²) in [5.74, 6) is 2.84. The number of nitrogens with one attached hydrogen (secondary N) is 1. The molecule has 0 unspecified atom stereocenters. The Morgan fingerprint density at radius 3 is 2.62 bits per heavy atom. The van der Waals surface area contributed by atoms with Crippen LogP contribution in [0.25, 0.3) is 0 Å². The van der Waals surface area contributed by atoms with Gasteiger partial charge >= 0.3 is 0 Å².